The van der Waals surface area contributed by atoms with Gasteiger partial charge in [-0.15, -0.1) is 0 Å². The molecule has 0 spiro atoms. The van der Waals surface area contributed by atoms with Crippen LogP contribution >= 0.6 is 0 Å². The molecule has 0 unspecified atom stereocenters. The standard InChI is InChI=1S/C31H28N6O/c32-25(12-24-17-35-29-9-5-4-8-27(24)29)20-38-26-13-23(16-33-18-26)22-10-11-30-28(14-22)31(19-36-37-30)34-15-21-6-2-1-3-7-21/h1-11,13-14,16-19,25,35H,12,15,20,32H2,(H,34,37)/t25-/m1/s1. The highest BCUT2D eigenvalue weighted by Crippen LogP contribution is 2.29. The Morgan fingerprint density at radius 1 is 0.868 bits per heavy atom. The average molecular weight is 501 g/mol. The van der Waals surface area contributed by atoms with Gasteiger partial charge >= 0.3 is 0 Å². The Balaban J connectivity index is 1.16. The molecule has 0 aliphatic rings. The zero-order valence-corrected chi connectivity index (χ0v) is 20.8. The van der Waals surface area contributed by atoms with Crippen LogP contribution in [-0.2, 0) is 13.0 Å². The summed E-state index contributed by atoms with van der Waals surface area (Å²) in [5, 5.41) is 14.2. The van der Waals surface area contributed by atoms with Gasteiger partial charge in [0, 0.05) is 46.8 Å². The van der Waals surface area contributed by atoms with Crippen LogP contribution in [0.25, 0.3) is 32.9 Å². The van der Waals surface area contributed by atoms with Crippen molar-refractivity contribution < 1.29 is 4.74 Å². The number of aromatic nitrogens is 4. The second-order valence-corrected chi connectivity index (χ2v) is 9.37. The molecule has 0 aliphatic heterocycles. The van der Waals surface area contributed by atoms with Crippen LogP contribution in [0.2, 0.25) is 0 Å². The number of nitrogens with zero attached hydrogens (tertiary/aromatic N) is 3. The molecule has 0 saturated carbocycles. The lowest BCUT2D eigenvalue weighted by Crippen LogP contribution is -2.30. The normalized spacial score (nSPS) is 12.0. The van der Waals surface area contributed by atoms with Crippen molar-refractivity contribution in [1.82, 2.24) is 20.2 Å². The topological polar surface area (TPSA) is 102 Å². The predicted octanol–water partition coefficient (Wildman–Crippen LogP) is 5.73. The van der Waals surface area contributed by atoms with E-state index in [4.69, 9.17) is 10.5 Å². The molecule has 0 aliphatic carbocycles. The molecule has 3 aromatic heterocycles. The zero-order valence-electron chi connectivity index (χ0n) is 20.8. The van der Waals surface area contributed by atoms with Gasteiger partial charge in [-0.2, -0.15) is 10.2 Å². The van der Waals surface area contributed by atoms with E-state index in [2.05, 4.69) is 55.8 Å². The number of benzene rings is 3. The number of hydrogen-bond donors (Lipinski definition) is 3. The second kappa shape index (κ2) is 10.7. The molecule has 0 amide bonds. The van der Waals surface area contributed by atoms with Crippen LogP contribution in [0.4, 0.5) is 5.69 Å². The van der Waals surface area contributed by atoms with Crippen LogP contribution in [-0.4, -0.2) is 32.8 Å². The van der Waals surface area contributed by atoms with Gasteiger partial charge in [0.1, 0.15) is 12.4 Å². The van der Waals surface area contributed by atoms with Crippen molar-refractivity contribution in [3.8, 4) is 16.9 Å². The maximum absolute atomic E-state index is 6.42. The van der Waals surface area contributed by atoms with Crippen LogP contribution < -0.4 is 15.8 Å². The molecular formula is C31H28N6O. The van der Waals surface area contributed by atoms with Crippen molar-refractivity contribution in [3.63, 3.8) is 0 Å². The lowest BCUT2D eigenvalue weighted by molar-refractivity contribution is 0.287. The molecule has 6 rings (SSSR count). The van der Waals surface area contributed by atoms with Gasteiger partial charge in [0.25, 0.3) is 0 Å². The number of fused-ring (bicyclic) bond motifs is 2. The number of hydrogen-bond acceptors (Lipinski definition) is 6. The Hall–Kier alpha value is -4.75. The highest BCUT2D eigenvalue weighted by atomic mass is 16.5. The molecule has 1 atom stereocenters. The fraction of sp³-hybridized carbons (Fsp3) is 0.129. The third-order valence-electron chi connectivity index (χ3n) is 6.63. The van der Waals surface area contributed by atoms with Crippen LogP contribution in [0.5, 0.6) is 5.75 Å². The molecule has 0 bridgehead atoms. The van der Waals surface area contributed by atoms with Gasteiger partial charge in [0.15, 0.2) is 0 Å². The molecule has 0 saturated heterocycles. The first-order chi connectivity index (χ1) is 18.7. The van der Waals surface area contributed by atoms with E-state index in [1.54, 1.807) is 12.4 Å². The van der Waals surface area contributed by atoms with Gasteiger partial charge in [-0.1, -0.05) is 54.6 Å². The molecular weight excluding hydrogens is 472 g/mol. The summed E-state index contributed by atoms with van der Waals surface area (Å²) < 4.78 is 6.06. The second-order valence-electron chi connectivity index (χ2n) is 9.37. The van der Waals surface area contributed by atoms with E-state index >= 15 is 0 Å². The largest absolute Gasteiger partial charge is 0.490 e. The lowest BCUT2D eigenvalue weighted by Gasteiger charge is -2.14. The minimum Gasteiger partial charge on any atom is -0.490 e. The minimum atomic E-state index is -0.143. The molecule has 7 heteroatoms. The first kappa shape index (κ1) is 23.6. The van der Waals surface area contributed by atoms with Gasteiger partial charge in [-0.25, -0.2) is 0 Å². The van der Waals surface area contributed by atoms with E-state index in [1.165, 1.54) is 16.5 Å². The van der Waals surface area contributed by atoms with E-state index in [1.807, 2.05) is 60.9 Å². The maximum atomic E-state index is 6.42. The summed E-state index contributed by atoms with van der Waals surface area (Å²) in [6.07, 6.45) is 8.08. The van der Waals surface area contributed by atoms with Crippen LogP contribution in [0.15, 0.2) is 104 Å². The Morgan fingerprint density at radius 2 is 1.74 bits per heavy atom. The van der Waals surface area contributed by atoms with Crippen molar-refractivity contribution in [2.24, 2.45) is 5.73 Å². The van der Waals surface area contributed by atoms with Crippen molar-refractivity contribution in [2.45, 2.75) is 19.0 Å². The number of ether oxygens (including phenoxy) is 1. The zero-order chi connectivity index (χ0) is 25.7. The quantitative estimate of drug-likeness (QED) is 0.234. The fourth-order valence-corrected chi connectivity index (χ4v) is 4.67. The minimum absolute atomic E-state index is 0.143. The first-order valence-corrected chi connectivity index (χ1v) is 12.6. The van der Waals surface area contributed by atoms with E-state index in [9.17, 15) is 0 Å². The van der Waals surface area contributed by atoms with Crippen molar-refractivity contribution in [1.29, 1.82) is 0 Å². The maximum Gasteiger partial charge on any atom is 0.138 e. The van der Waals surface area contributed by atoms with Crippen molar-refractivity contribution in [2.75, 3.05) is 11.9 Å². The number of anilines is 1. The van der Waals surface area contributed by atoms with E-state index in [0.29, 0.717) is 18.9 Å². The van der Waals surface area contributed by atoms with Gasteiger partial charge in [0.2, 0.25) is 0 Å². The molecule has 38 heavy (non-hydrogen) atoms. The van der Waals surface area contributed by atoms with Crippen LogP contribution in [0.3, 0.4) is 0 Å². The Bertz CT molecular complexity index is 1680. The van der Waals surface area contributed by atoms with Crippen molar-refractivity contribution in [3.05, 3.63) is 115 Å². The summed E-state index contributed by atoms with van der Waals surface area (Å²) in [5.74, 6) is 0.687. The van der Waals surface area contributed by atoms with E-state index in [0.717, 1.165) is 39.7 Å². The smallest absolute Gasteiger partial charge is 0.138 e. The number of nitrogens with two attached hydrogens (primary N) is 1. The molecule has 6 aromatic rings. The fourth-order valence-electron chi connectivity index (χ4n) is 4.67. The number of rotatable bonds is 9. The van der Waals surface area contributed by atoms with E-state index < -0.39 is 0 Å². The summed E-state index contributed by atoms with van der Waals surface area (Å²) in [6, 6.07) is 26.5. The number of nitrogens with one attached hydrogen (secondary N) is 2. The SMILES string of the molecule is N[C@@H](COc1cncc(-c2ccc3nncc(NCc4ccccc4)c3c2)c1)Cc1c[nH]c2ccccc12. The molecule has 188 valence electrons. The number of H-pyrrole nitrogens is 1. The van der Waals surface area contributed by atoms with Crippen LogP contribution in [0.1, 0.15) is 11.1 Å². The van der Waals surface area contributed by atoms with Gasteiger partial charge in [0.05, 0.1) is 23.6 Å². The number of pyridine rings is 1. The summed E-state index contributed by atoms with van der Waals surface area (Å²) in [7, 11) is 0. The summed E-state index contributed by atoms with van der Waals surface area (Å²) >= 11 is 0. The average Bonchev–Trinajstić information content (AvgIpc) is 3.38. The summed E-state index contributed by atoms with van der Waals surface area (Å²) in [5.41, 5.74) is 13.7. The molecule has 7 nitrogen and oxygen atoms in total. The van der Waals surface area contributed by atoms with Gasteiger partial charge in [-0.3, -0.25) is 4.98 Å². The van der Waals surface area contributed by atoms with Crippen molar-refractivity contribution >= 4 is 27.5 Å². The highest BCUT2D eigenvalue weighted by molar-refractivity contribution is 5.93. The first-order valence-electron chi connectivity index (χ1n) is 12.6. The number of aromatic amines is 1. The van der Waals surface area contributed by atoms with E-state index in [-0.39, 0.29) is 6.04 Å². The lowest BCUT2D eigenvalue weighted by atomic mass is 10.0. The monoisotopic (exact) mass is 500 g/mol. The molecule has 3 heterocycles. The van der Waals surface area contributed by atoms with Gasteiger partial charge < -0.3 is 20.8 Å². The van der Waals surface area contributed by atoms with Crippen LogP contribution in [0, 0.1) is 0 Å². The molecule has 3 aromatic carbocycles. The predicted molar refractivity (Wildman–Crippen MR) is 152 cm³/mol. The Morgan fingerprint density at radius 3 is 2.66 bits per heavy atom. The third-order valence-corrected chi connectivity index (χ3v) is 6.63. The Kier molecular flexibility index (Phi) is 6.66. The number of para-hydroxylation sites is 1. The highest BCUT2D eigenvalue weighted by Gasteiger charge is 2.11. The molecule has 4 N–H and O–H groups in total. The summed E-state index contributed by atoms with van der Waals surface area (Å²) in [4.78, 5) is 7.73. The summed E-state index contributed by atoms with van der Waals surface area (Å²) in [6.45, 7) is 1.10. The Labute approximate surface area is 220 Å². The third kappa shape index (κ3) is 5.19. The van der Waals surface area contributed by atoms with Gasteiger partial charge in [-0.05, 0) is 47.4 Å². The molecule has 0 fully saturated rings. The molecule has 0 radical (unpaired) electrons.